The van der Waals surface area contributed by atoms with Crippen LogP contribution in [0.2, 0.25) is 5.02 Å². The molecule has 1 aliphatic rings. The van der Waals surface area contributed by atoms with Crippen molar-refractivity contribution in [3.63, 3.8) is 0 Å². The van der Waals surface area contributed by atoms with Crippen LogP contribution in [-0.2, 0) is 7.05 Å². The molecule has 0 N–H and O–H groups in total. The van der Waals surface area contributed by atoms with Crippen LogP contribution >= 0.6 is 11.6 Å². The summed E-state index contributed by atoms with van der Waals surface area (Å²) >= 11 is 6.27. The molecule has 0 saturated carbocycles. The van der Waals surface area contributed by atoms with Gasteiger partial charge in [-0.05, 0) is 43.9 Å². The van der Waals surface area contributed by atoms with Crippen molar-refractivity contribution >= 4 is 23.5 Å². The van der Waals surface area contributed by atoms with Gasteiger partial charge >= 0.3 is 0 Å². The van der Waals surface area contributed by atoms with E-state index >= 15 is 0 Å². The van der Waals surface area contributed by atoms with Crippen LogP contribution in [0.25, 0.3) is 11.1 Å². The number of carbonyl (C=O) groups excluding carboxylic acids is 1. The van der Waals surface area contributed by atoms with E-state index in [2.05, 4.69) is 10.1 Å². The van der Waals surface area contributed by atoms with E-state index in [0.717, 1.165) is 41.8 Å². The number of carbonyl (C=O) groups is 1. The van der Waals surface area contributed by atoms with Crippen molar-refractivity contribution in [2.75, 3.05) is 25.5 Å². The minimum Gasteiger partial charge on any atom is -0.347 e. The normalized spacial score (nSPS) is 16.4. The van der Waals surface area contributed by atoms with Crippen molar-refractivity contribution in [2.24, 2.45) is 7.05 Å². The second kappa shape index (κ2) is 8.67. The standard InChI is InChI=1S/C23H27ClN6O/c1-15-18(14-26-29(15)4)22(31)30-11-6-5-10-20(30)21-19(13-25-23(27-21)28(2)3)16-8-7-9-17(24)12-16/h7-9,12-14,20H,5-6,10-11H2,1-4H3. The molecule has 1 aromatic carbocycles. The van der Waals surface area contributed by atoms with E-state index in [-0.39, 0.29) is 11.9 Å². The number of benzene rings is 1. The zero-order chi connectivity index (χ0) is 22.1. The molecule has 1 atom stereocenters. The Labute approximate surface area is 187 Å². The van der Waals surface area contributed by atoms with Crippen LogP contribution < -0.4 is 4.90 Å². The minimum absolute atomic E-state index is 0.00245. The average Bonchev–Trinajstić information content (AvgIpc) is 3.11. The van der Waals surface area contributed by atoms with Crippen molar-refractivity contribution in [2.45, 2.75) is 32.2 Å². The lowest BCUT2D eigenvalue weighted by molar-refractivity contribution is 0.0606. The first-order valence-corrected chi connectivity index (χ1v) is 10.8. The Morgan fingerprint density at radius 3 is 2.71 bits per heavy atom. The lowest BCUT2D eigenvalue weighted by Crippen LogP contribution is -2.39. The predicted molar refractivity (Wildman–Crippen MR) is 122 cm³/mol. The van der Waals surface area contributed by atoms with Gasteiger partial charge in [-0.25, -0.2) is 9.97 Å². The molecule has 1 unspecified atom stereocenters. The molecular formula is C23H27ClN6O. The third kappa shape index (κ3) is 4.14. The van der Waals surface area contributed by atoms with Crippen molar-refractivity contribution in [1.29, 1.82) is 0 Å². The van der Waals surface area contributed by atoms with Gasteiger partial charge in [0, 0.05) is 50.2 Å². The highest BCUT2D eigenvalue weighted by Gasteiger charge is 2.33. The fourth-order valence-corrected chi connectivity index (χ4v) is 4.25. The summed E-state index contributed by atoms with van der Waals surface area (Å²) < 4.78 is 1.73. The number of aryl methyl sites for hydroxylation is 1. The Morgan fingerprint density at radius 2 is 2.03 bits per heavy atom. The molecule has 4 rings (SSSR count). The zero-order valence-corrected chi connectivity index (χ0v) is 19.1. The molecule has 2 aromatic heterocycles. The van der Waals surface area contributed by atoms with Crippen LogP contribution in [-0.4, -0.2) is 51.2 Å². The van der Waals surface area contributed by atoms with Crippen molar-refractivity contribution in [3.8, 4) is 11.1 Å². The van der Waals surface area contributed by atoms with E-state index in [4.69, 9.17) is 16.6 Å². The van der Waals surface area contributed by atoms with Gasteiger partial charge in [-0.3, -0.25) is 9.48 Å². The van der Waals surface area contributed by atoms with Crippen molar-refractivity contribution < 1.29 is 4.79 Å². The number of aromatic nitrogens is 4. The molecule has 0 aliphatic carbocycles. The van der Waals surface area contributed by atoms with Gasteiger partial charge in [0.25, 0.3) is 5.91 Å². The number of hydrogen-bond acceptors (Lipinski definition) is 5. The van der Waals surface area contributed by atoms with E-state index in [1.807, 2.05) is 68.3 Å². The molecule has 7 nitrogen and oxygen atoms in total. The van der Waals surface area contributed by atoms with Gasteiger partial charge in [-0.2, -0.15) is 5.10 Å². The average molecular weight is 439 g/mol. The first-order valence-electron chi connectivity index (χ1n) is 10.5. The Kier molecular flexibility index (Phi) is 5.96. The summed E-state index contributed by atoms with van der Waals surface area (Å²) in [5.41, 5.74) is 4.21. The van der Waals surface area contributed by atoms with E-state index in [9.17, 15) is 4.79 Å². The van der Waals surface area contributed by atoms with Crippen LogP contribution in [0, 0.1) is 6.92 Å². The smallest absolute Gasteiger partial charge is 0.257 e. The first-order chi connectivity index (χ1) is 14.9. The molecule has 1 amide bonds. The van der Waals surface area contributed by atoms with E-state index in [1.54, 1.807) is 10.9 Å². The molecule has 0 bridgehead atoms. The molecule has 0 spiro atoms. The van der Waals surface area contributed by atoms with Gasteiger partial charge in [0.15, 0.2) is 0 Å². The molecule has 1 saturated heterocycles. The van der Waals surface area contributed by atoms with Gasteiger partial charge in [0.05, 0.1) is 23.5 Å². The number of hydrogen-bond donors (Lipinski definition) is 0. The Hall–Kier alpha value is -2.93. The highest BCUT2D eigenvalue weighted by atomic mass is 35.5. The van der Waals surface area contributed by atoms with E-state index in [1.165, 1.54) is 0 Å². The van der Waals surface area contributed by atoms with Gasteiger partial charge in [0.2, 0.25) is 5.95 Å². The quantitative estimate of drug-likeness (QED) is 0.608. The Balaban J connectivity index is 1.82. The second-order valence-electron chi connectivity index (χ2n) is 8.15. The molecule has 162 valence electrons. The SMILES string of the molecule is Cc1c(C(=O)N2CCCCC2c2nc(N(C)C)ncc2-c2cccc(Cl)c2)cnn1C. The number of halogens is 1. The Bertz CT molecular complexity index is 1110. The van der Waals surface area contributed by atoms with Gasteiger partial charge in [-0.15, -0.1) is 0 Å². The maximum absolute atomic E-state index is 13.5. The van der Waals surface area contributed by atoms with Gasteiger partial charge < -0.3 is 9.80 Å². The van der Waals surface area contributed by atoms with Crippen LogP contribution in [0.5, 0.6) is 0 Å². The highest BCUT2D eigenvalue weighted by Crippen LogP contribution is 2.37. The monoisotopic (exact) mass is 438 g/mol. The largest absolute Gasteiger partial charge is 0.347 e. The minimum atomic E-state index is -0.142. The summed E-state index contributed by atoms with van der Waals surface area (Å²) in [5, 5.41) is 4.92. The summed E-state index contributed by atoms with van der Waals surface area (Å²) in [5.74, 6) is 0.619. The van der Waals surface area contributed by atoms with E-state index in [0.29, 0.717) is 23.1 Å². The predicted octanol–water partition coefficient (Wildman–Crippen LogP) is 4.27. The number of anilines is 1. The highest BCUT2D eigenvalue weighted by molar-refractivity contribution is 6.30. The molecule has 8 heteroatoms. The first kappa shape index (κ1) is 21.3. The number of amides is 1. The summed E-state index contributed by atoms with van der Waals surface area (Å²) in [6.45, 7) is 2.61. The van der Waals surface area contributed by atoms with Gasteiger partial charge in [-0.1, -0.05) is 23.7 Å². The summed E-state index contributed by atoms with van der Waals surface area (Å²) in [6, 6.07) is 7.55. The fourth-order valence-electron chi connectivity index (χ4n) is 4.06. The summed E-state index contributed by atoms with van der Waals surface area (Å²) in [6.07, 6.45) is 6.36. The molecule has 1 fully saturated rings. The summed E-state index contributed by atoms with van der Waals surface area (Å²) in [4.78, 5) is 26.8. The number of likely N-dealkylation sites (tertiary alicyclic amines) is 1. The number of nitrogens with zero attached hydrogens (tertiary/aromatic N) is 6. The molecule has 3 heterocycles. The lowest BCUT2D eigenvalue weighted by Gasteiger charge is -2.36. The van der Waals surface area contributed by atoms with E-state index < -0.39 is 0 Å². The molecular weight excluding hydrogens is 412 g/mol. The topological polar surface area (TPSA) is 67.2 Å². The van der Waals surface area contributed by atoms with Crippen LogP contribution in [0.3, 0.4) is 0 Å². The van der Waals surface area contributed by atoms with Crippen molar-refractivity contribution in [1.82, 2.24) is 24.6 Å². The number of piperidine rings is 1. The zero-order valence-electron chi connectivity index (χ0n) is 18.3. The third-order valence-corrected chi connectivity index (χ3v) is 6.12. The van der Waals surface area contributed by atoms with Crippen LogP contribution in [0.15, 0.2) is 36.7 Å². The molecule has 1 aliphatic heterocycles. The van der Waals surface area contributed by atoms with Crippen LogP contribution in [0.4, 0.5) is 5.95 Å². The maximum Gasteiger partial charge on any atom is 0.257 e. The Morgan fingerprint density at radius 1 is 1.23 bits per heavy atom. The van der Waals surface area contributed by atoms with Gasteiger partial charge in [0.1, 0.15) is 0 Å². The molecule has 31 heavy (non-hydrogen) atoms. The maximum atomic E-state index is 13.5. The molecule has 3 aromatic rings. The molecule has 0 radical (unpaired) electrons. The lowest BCUT2D eigenvalue weighted by atomic mass is 9.93. The van der Waals surface area contributed by atoms with Crippen molar-refractivity contribution in [3.05, 3.63) is 58.6 Å². The third-order valence-electron chi connectivity index (χ3n) is 5.89. The second-order valence-corrected chi connectivity index (χ2v) is 8.59. The fraction of sp³-hybridized carbons (Fsp3) is 0.391. The summed E-state index contributed by atoms with van der Waals surface area (Å²) in [7, 11) is 5.69. The number of rotatable bonds is 4. The van der Waals surface area contributed by atoms with Crippen LogP contribution in [0.1, 0.15) is 47.1 Å².